The van der Waals surface area contributed by atoms with Crippen LogP contribution in [0.4, 0.5) is 0 Å². The van der Waals surface area contributed by atoms with Crippen molar-refractivity contribution in [2.24, 2.45) is 4.99 Å². The number of benzene rings is 3. The maximum atomic E-state index is 5.85. The summed E-state index contributed by atoms with van der Waals surface area (Å²) in [6.07, 6.45) is 0. The molecule has 0 bridgehead atoms. The molecule has 3 heteroatoms. The third kappa shape index (κ3) is 2.45. The zero-order valence-electron chi connectivity index (χ0n) is 13.6. The number of pyridine rings is 1. The van der Waals surface area contributed by atoms with Gasteiger partial charge in [0.05, 0.1) is 5.52 Å². The van der Waals surface area contributed by atoms with Crippen LogP contribution in [0.5, 0.6) is 0 Å². The average Bonchev–Trinajstić information content (AvgIpc) is 3.18. The third-order valence-corrected chi connectivity index (χ3v) is 4.64. The molecule has 0 unspecified atom stereocenters. The largest absolute Gasteiger partial charge is 0.474 e. The first-order chi connectivity index (χ1) is 12.4. The van der Waals surface area contributed by atoms with Crippen molar-refractivity contribution in [1.82, 2.24) is 4.98 Å². The lowest BCUT2D eigenvalue weighted by Crippen LogP contribution is -2.04. The fourth-order valence-electron chi connectivity index (χ4n) is 3.34. The summed E-state index contributed by atoms with van der Waals surface area (Å²) in [6, 6.07) is 26.9. The topological polar surface area (TPSA) is 34.5 Å². The minimum atomic E-state index is 0.0428. The lowest BCUT2D eigenvalue weighted by molar-refractivity contribution is 0.319. The van der Waals surface area contributed by atoms with E-state index in [1.165, 1.54) is 10.9 Å². The fraction of sp³-hybridized carbons (Fsp3) is 0.0909. The molecule has 4 aromatic rings. The summed E-state index contributed by atoms with van der Waals surface area (Å²) >= 11 is 0. The molecule has 2 heterocycles. The normalized spacial score (nSPS) is 16.8. The number of nitrogens with zero attached hydrogens (tertiary/aromatic N) is 2. The highest BCUT2D eigenvalue weighted by atomic mass is 16.5. The van der Waals surface area contributed by atoms with Crippen LogP contribution < -0.4 is 0 Å². The van der Waals surface area contributed by atoms with E-state index < -0.39 is 0 Å². The molecule has 0 N–H and O–H groups in total. The first-order valence-electron chi connectivity index (χ1n) is 8.43. The number of hydrogen-bond donors (Lipinski definition) is 0. The maximum Gasteiger partial charge on any atom is 0.236 e. The molecule has 1 atom stereocenters. The highest BCUT2D eigenvalue weighted by Crippen LogP contribution is 2.27. The number of aromatic nitrogens is 1. The van der Waals surface area contributed by atoms with Crippen LogP contribution in [0.15, 0.2) is 83.9 Å². The summed E-state index contributed by atoms with van der Waals surface area (Å²) in [5.74, 6) is 0.628. The lowest BCUT2D eigenvalue weighted by Gasteiger charge is -2.06. The summed E-state index contributed by atoms with van der Waals surface area (Å²) in [5, 5.41) is 3.47. The van der Waals surface area contributed by atoms with Gasteiger partial charge in [-0.15, -0.1) is 0 Å². The molecule has 1 aliphatic heterocycles. The van der Waals surface area contributed by atoms with Gasteiger partial charge < -0.3 is 4.74 Å². The first kappa shape index (κ1) is 14.2. The Morgan fingerprint density at radius 3 is 2.44 bits per heavy atom. The van der Waals surface area contributed by atoms with Gasteiger partial charge in [0.1, 0.15) is 18.3 Å². The molecule has 3 nitrogen and oxygen atoms in total. The average molecular weight is 324 g/mol. The predicted octanol–water partition coefficient (Wildman–Crippen LogP) is 4.91. The van der Waals surface area contributed by atoms with Crippen molar-refractivity contribution in [2.75, 3.05) is 6.61 Å². The number of rotatable bonds is 2. The Labute approximate surface area is 145 Å². The Morgan fingerprint density at radius 2 is 1.52 bits per heavy atom. The van der Waals surface area contributed by atoms with Gasteiger partial charge >= 0.3 is 0 Å². The SMILES string of the molecule is c1ccc([C@@H]2COC(c3ccc4ccc5ccccc5c4n3)=N2)cc1. The zero-order chi connectivity index (χ0) is 16.6. The van der Waals surface area contributed by atoms with E-state index >= 15 is 0 Å². The number of hydrogen-bond acceptors (Lipinski definition) is 3. The highest BCUT2D eigenvalue weighted by Gasteiger charge is 2.22. The van der Waals surface area contributed by atoms with Crippen LogP contribution in [0.3, 0.4) is 0 Å². The Kier molecular flexibility index (Phi) is 3.23. The molecular formula is C22H16N2O. The van der Waals surface area contributed by atoms with Gasteiger partial charge in [0.25, 0.3) is 0 Å². The van der Waals surface area contributed by atoms with E-state index in [0.717, 1.165) is 22.0 Å². The third-order valence-electron chi connectivity index (χ3n) is 4.64. The molecule has 1 aromatic heterocycles. The van der Waals surface area contributed by atoms with Crippen molar-refractivity contribution in [2.45, 2.75) is 6.04 Å². The number of fused-ring (bicyclic) bond motifs is 3. The molecule has 0 spiro atoms. The van der Waals surface area contributed by atoms with Gasteiger partial charge in [-0.25, -0.2) is 9.98 Å². The van der Waals surface area contributed by atoms with Crippen LogP contribution in [0.25, 0.3) is 21.7 Å². The standard InChI is InChI=1S/C22H16N2O/c1-2-7-16(8-3-1)20-14-25-22(24-20)19-13-12-17-11-10-15-6-4-5-9-18(15)21(17)23-19/h1-13,20H,14H2/t20-/m0/s1. The zero-order valence-corrected chi connectivity index (χ0v) is 13.6. The lowest BCUT2D eigenvalue weighted by atomic mass is 10.1. The minimum Gasteiger partial charge on any atom is -0.474 e. The second-order valence-corrected chi connectivity index (χ2v) is 6.23. The molecule has 0 amide bonds. The van der Waals surface area contributed by atoms with Gasteiger partial charge in [-0.3, -0.25) is 0 Å². The van der Waals surface area contributed by atoms with Gasteiger partial charge in [-0.05, 0) is 17.0 Å². The van der Waals surface area contributed by atoms with Crippen molar-refractivity contribution in [3.05, 3.63) is 90.1 Å². The van der Waals surface area contributed by atoms with Crippen LogP contribution in [-0.4, -0.2) is 17.5 Å². The molecule has 1 aliphatic rings. The minimum absolute atomic E-state index is 0.0428. The van der Waals surface area contributed by atoms with E-state index in [2.05, 4.69) is 42.5 Å². The van der Waals surface area contributed by atoms with Crippen LogP contribution in [0, 0.1) is 0 Å². The molecular weight excluding hydrogens is 308 g/mol. The molecule has 0 radical (unpaired) electrons. The molecule has 25 heavy (non-hydrogen) atoms. The van der Waals surface area contributed by atoms with Crippen molar-refractivity contribution in [3.63, 3.8) is 0 Å². The second-order valence-electron chi connectivity index (χ2n) is 6.23. The molecule has 0 saturated carbocycles. The molecule has 3 aromatic carbocycles. The molecule has 5 rings (SSSR count). The first-order valence-corrected chi connectivity index (χ1v) is 8.43. The second kappa shape index (κ2) is 5.71. The van der Waals surface area contributed by atoms with Gasteiger partial charge in [-0.1, -0.05) is 72.8 Å². The van der Waals surface area contributed by atoms with E-state index in [1.54, 1.807) is 0 Å². The summed E-state index contributed by atoms with van der Waals surface area (Å²) in [6.45, 7) is 0.564. The Morgan fingerprint density at radius 1 is 0.760 bits per heavy atom. The fourth-order valence-corrected chi connectivity index (χ4v) is 3.34. The molecule has 0 saturated heterocycles. The molecule has 0 aliphatic carbocycles. The Balaban J connectivity index is 1.60. The highest BCUT2D eigenvalue weighted by molar-refractivity contribution is 6.06. The summed E-state index contributed by atoms with van der Waals surface area (Å²) in [4.78, 5) is 9.61. The van der Waals surface area contributed by atoms with E-state index in [0.29, 0.717) is 12.5 Å². The summed E-state index contributed by atoms with van der Waals surface area (Å²) < 4.78 is 5.85. The quantitative estimate of drug-likeness (QED) is 0.491. The summed E-state index contributed by atoms with van der Waals surface area (Å²) in [5.41, 5.74) is 2.95. The van der Waals surface area contributed by atoms with E-state index in [9.17, 15) is 0 Å². The molecule has 120 valence electrons. The van der Waals surface area contributed by atoms with Crippen molar-refractivity contribution in [1.29, 1.82) is 0 Å². The number of ether oxygens (including phenoxy) is 1. The summed E-state index contributed by atoms with van der Waals surface area (Å²) in [7, 11) is 0. The van der Waals surface area contributed by atoms with Gasteiger partial charge in [-0.2, -0.15) is 0 Å². The Hall–Kier alpha value is -3.20. The van der Waals surface area contributed by atoms with E-state index in [-0.39, 0.29) is 6.04 Å². The number of aliphatic imine (C=N–C) groups is 1. The van der Waals surface area contributed by atoms with Crippen LogP contribution in [-0.2, 0) is 4.74 Å². The van der Waals surface area contributed by atoms with E-state index in [4.69, 9.17) is 14.7 Å². The van der Waals surface area contributed by atoms with Crippen LogP contribution in [0.2, 0.25) is 0 Å². The Bertz CT molecular complexity index is 1100. The molecule has 0 fully saturated rings. The van der Waals surface area contributed by atoms with E-state index in [1.807, 2.05) is 36.4 Å². The smallest absolute Gasteiger partial charge is 0.236 e. The maximum absolute atomic E-state index is 5.85. The van der Waals surface area contributed by atoms with Crippen molar-refractivity contribution >= 4 is 27.6 Å². The van der Waals surface area contributed by atoms with Crippen LogP contribution in [0.1, 0.15) is 17.3 Å². The van der Waals surface area contributed by atoms with Gasteiger partial charge in [0, 0.05) is 10.8 Å². The van der Waals surface area contributed by atoms with Crippen LogP contribution >= 0.6 is 0 Å². The monoisotopic (exact) mass is 324 g/mol. The van der Waals surface area contributed by atoms with Crippen molar-refractivity contribution < 1.29 is 4.74 Å². The van der Waals surface area contributed by atoms with Gasteiger partial charge in [0.15, 0.2) is 0 Å². The van der Waals surface area contributed by atoms with Gasteiger partial charge in [0.2, 0.25) is 5.90 Å². The predicted molar refractivity (Wildman–Crippen MR) is 101 cm³/mol. The van der Waals surface area contributed by atoms with Crippen molar-refractivity contribution in [3.8, 4) is 0 Å².